The molecule has 0 spiro atoms. The van der Waals surface area contributed by atoms with Crippen LogP contribution < -0.4 is 0 Å². The second kappa shape index (κ2) is 6.96. The normalized spacial score (nSPS) is 11.4. The molecule has 0 saturated carbocycles. The zero-order valence-corrected chi connectivity index (χ0v) is 13.5. The number of alkyl halides is 3. The van der Waals surface area contributed by atoms with E-state index in [4.69, 9.17) is 5.11 Å². The molecule has 2 rings (SSSR count). The minimum Gasteiger partial charge on any atom is -0.478 e. The van der Waals surface area contributed by atoms with Crippen LogP contribution in [0.5, 0.6) is 0 Å². The van der Waals surface area contributed by atoms with Crippen molar-refractivity contribution < 1.29 is 27.9 Å². The van der Waals surface area contributed by atoms with E-state index in [-0.39, 0.29) is 11.6 Å². The lowest BCUT2D eigenvalue weighted by Gasteiger charge is -2.16. The minimum atomic E-state index is -4.89. The number of aromatic nitrogens is 2. The molecule has 0 fully saturated rings. The highest BCUT2D eigenvalue weighted by atomic mass is 19.4. The summed E-state index contributed by atoms with van der Waals surface area (Å²) < 4.78 is 40.1. The molecule has 6 nitrogen and oxygen atoms in total. The lowest BCUT2D eigenvalue weighted by atomic mass is 10.1. The molecule has 0 unspecified atom stereocenters. The van der Waals surface area contributed by atoms with Crippen molar-refractivity contribution in [1.29, 1.82) is 0 Å². The predicted octanol–water partition coefficient (Wildman–Crippen LogP) is 3.07. The molecule has 1 heterocycles. The first-order valence-electron chi connectivity index (χ1n) is 7.41. The number of benzene rings is 1. The van der Waals surface area contributed by atoms with Crippen molar-refractivity contribution in [3.63, 3.8) is 0 Å². The molecular weight excluding hydrogens is 339 g/mol. The third-order valence-electron chi connectivity index (χ3n) is 3.53. The van der Waals surface area contributed by atoms with Gasteiger partial charge in [0.1, 0.15) is 5.56 Å². The third-order valence-corrected chi connectivity index (χ3v) is 3.53. The number of carbonyl (C=O) groups is 2. The first-order chi connectivity index (χ1) is 11.7. The molecule has 0 radical (unpaired) electrons. The van der Waals surface area contributed by atoms with Crippen LogP contribution in [0.1, 0.15) is 39.8 Å². The fraction of sp³-hybridized carbons (Fsp3) is 0.312. The number of amides is 1. The first kappa shape index (κ1) is 18.5. The van der Waals surface area contributed by atoms with Gasteiger partial charge in [0.2, 0.25) is 0 Å². The van der Waals surface area contributed by atoms with Gasteiger partial charge in [-0.1, -0.05) is 6.92 Å². The van der Waals surface area contributed by atoms with Crippen molar-refractivity contribution in [3.8, 4) is 5.69 Å². The molecule has 0 bridgehead atoms. The maximum Gasteiger partial charge on any atom is 0.434 e. The summed E-state index contributed by atoms with van der Waals surface area (Å²) >= 11 is 0. The lowest BCUT2D eigenvalue weighted by molar-refractivity contribution is -0.143. The molecule has 2 aromatic rings. The van der Waals surface area contributed by atoms with Gasteiger partial charge in [-0.25, -0.2) is 9.48 Å². The molecule has 0 aliphatic carbocycles. The van der Waals surface area contributed by atoms with Crippen LogP contribution in [-0.2, 0) is 6.18 Å². The van der Waals surface area contributed by atoms with Crippen molar-refractivity contribution in [2.75, 3.05) is 13.6 Å². The van der Waals surface area contributed by atoms with E-state index in [1.54, 1.807) is 7.05 Å². The van der Waals surface area contributed by atoms with E-state index in [9.17, 15) is 22.8 Å². The zero-order chi connectivity index (χ0) is 18.8. The number of aromatic carboxylic acids is 1. The third kappa shape index (κ3) is 3.81. The lowest BCUT2D eigenvalue weighted by Crippen LogP contribution is -2.27. The first-order valence-corrected chi connectivity index (χ1v) is 7.41. The van der Waals surface area contributed by atoms with Gasteiger partial charge in [-0.15, -0.1) is 0 Å². The smallest absolute Gasteiger partial charge is 0.434 e. The summed E-state index contributed by atoms with van der Waals surface area (Å²) in [6, 6.07) is 5.35. The Labute approximate surface area is 141 Å². The van der Waals surface area contributed by atoms with E-state index in [2.05, 4.69) is 5.10 Å². The highest BCUT2D eigenvalue weighted by Crippen LogP contribution is 2.33. The molecule has 1 amide bonds. The summed E-state index contributed by atoms with van der Waals surface area (Å²) in [5.74, 6) is -1.97. The Bertz CT molecular complexity index is 782. The zero-order valence-electron chi connectivity index (χ0n) is 13.5. The van der Waals surface area contributed by atoms with Gasteiger partial charge in [0, 0.05) is 19.2 Å². The Morgan fingerprint density at radius 1 is 1.24 bits per heavy atom. The molecule has 25 heavy (non-hydrogen) atoms. The summed E-state index contributed by atoms with van der Waals surface area (Å²) in [6.45, 7) is 2.48. The van der Waals surface area contributed by atoms with Gasteiger partial charge in [-0.05, 0) is 30.7 Å². The van der Waals surface area contributed by atoms with Gasteiger partial charge in [0.05, 0.1) is 11.9 Å². The average Bonchev–Trinajstić information content (AvgIpc) is 3.00. The summed E-state index contributed by atoms with van der Waals surface area (Å²) in [5.41, 5.74) is -1.98. The number of carboxylic acids is 1. The molecule has 9 heteroatoms. The van der Waals surface area contributed by atoms with Crippen LogP contribution in [0, 0.1) is 0 Å². The number of hydrogen-bond donors (Lipinski definition) is 1. The summed E-state index contributed by atoms with van der Waals surface area (Å²) in [5, 5.41) is 12.4. The maximum atomic E-state index is 13.2. The minimum absolute atomic E-state index is 0.00881. The molecule has 1 aromatic carbocycles. The molecule has 0 aliphatic rings. The van der Waals surface area contributed by atoms with E-state index in [1.807, 2.05) is 6.92 Å². The van der Waals surface area contributed by atoms with Gasteiger partial charge < -0.3 is 10.0 Å². The SMILES string of the molecule is CCCN(C)C(=O)c1ccc(-n2ncc(C(=O)O)c2C(F)(F)F)cc1. The average molecular weight is 355 g/mol. The van der Waals surface area contributed by atoms with Crippen molar-refractivity contribution in [1.82, 2.24) is 14.7 Å². The number of carboxylic acid groups (broad SMARTS) is 1. The topological polar surface area (TPSA) is 75.4 Å². The van der Waals surface area contributed by atoms with E-state index < -0.39 is 23.4 Å². The van der Waals surface area contributed by atoms with Crippen LogP contribution in [-0.4, -0.2) is 45.3 Å². The largest absolute Gasteiger partial charge is 0.478 e. The quantitative estimate of drug-likeness (QED) is 0.894. The Balaban J connectivity index is 2.41. The molecule has 134 valence electrons. The van der Waals surface area contributed by atoms with Gasteiger partial charge in [-0.3, -0.25) is 4.79 Å². The Morgan fingerprint density at radius 2 is 1.84 bits per heavy atom. The van der Waals surface area contributed by atoms with Crippen LogP contribution in [0.2, 0.25) is 0 Å². The van der Waals surface area contributed by atoms with Gasteiger partial charge in [-0.2, -0.15) is 18.3 Å². The second-order valence-electron chi connectivity index (χ2n) is 5.40. The molecule has 0 aliphatic heterocycles. The van der Waals surface area contributed by atoms with E-state index in [1.165, 1.54) is 29.2 Å². The van der Waals surface area contributed by atoms with Crippen LogP contribution in [0.3, 0.4) is 0 Å². The van der Waals surface area contributed by atoms with Gasteiger partial charge >= 0.3 is 12.1 Å². The fourth-order valence-electron chi connectivity index (χ4n) is 2.38. The predicted molar refractivity (Wildman–Crippen MR) is 82.8 cm³/mol. The van der Waals surface area contributed by atoms with Gasteiger partial charge in [0.25, 0.3) is 5.91 Å². The van der Waals surface area contributed by atoms with E-state index in [0.717, 1.165) is 6.42 Å². The molecule has 1 aromatic heterocycles. The van der Waals surface area contributed by atoms with Crippen molar-refractivity contribution >= 4 is 11.9 Å². The second-order valence-corrected chi connectivity index (χ2v) is 5.40. The van der Waals surface area contributed by atoms with E-state index in [0.29, 0.717) is 23.0 Å². The maximum absolute atomic E-state index is 13.2. The van der Waals surface area contributed by atoms with Crippen LogP contribution in [0.4, 0.5) is 13.2 Å². The molecule has 0 saturated heterocycles. The highest BCUT2D eigenvalue weighted by molar-refractivity contribution is 5.94. The summed E-state index contributed by atoms with van der Waals surface area (Å²) in [7, 11) is 1.63. The van der Waals surface area contributed by atoms with Crippen molar-refractivity contribution in [3.05, 3.63) is 47.3 Å². The fourth-order valence-corrected chi connectivity index (χ4v) is 2.38. The Kier molecular flexibility index (Phi) is 5.15. The van der Waals surface area contributed by atoms with Crippen LogP contribution >= 0.6 is 0 Å². The highest BCUT2D eigenvalue weighted by Gasteiger charge is 2.40. The van der Waals surface area contributed by atoms with Crippen molar-refractivity contribution in [2.45, 2.75) is 19.5 Å². The Hall–Kier alpha value is -2.84. The number of nitrogens with zero attached hydrogens (tertiary/aromatic N) is 3. The molecule has 1 N–H and O–H groups in total. The summed E-state index contributed by atoms with van der Waals surface area (Å²) in [4.78, 5) is 24.6. The number of hydrogen-bond acceptors (Lipinski definition) is 3. The Morgan fingerprint density at radius 3 is 2.32 bits per heavy atom. The molecule has 0 atom stereocenters. The number of rotatable bonds is 5. The standard InChI is InChI=1S/C16H16F3N3O3/c1-3-8-21(2)14(23)10-4-6-11(7-5-10)22-13(16(17,18)19)12(9-20-22)15(24)25/h4-7,9H,3,8H2,1-2H3,(H,24,25). The number of halogens is 3. The van der Waals surface area contributed by atoms with E-state index >= 15 is 0 Å². The summed E-state index contributed by atoms with van der Waals surface area (Å²) in [6.07, 6.45) is -3.46. The van der Waals surface area contributed by atoms with Gasteiger partial charge in [0.15, 0.2) is 5.69 Å². The monoisotopic (exact) mass is 355 g/mol. The van der Waals surface area contributed by atoms with Crippen LogP contribution in [0.15, 0.2) is 30.5 Å². The number of carbonyl (C=O) groups excluding carboxylic acids is 1. The van der Waals surface area contributed by atoms with Crippen molar-refractivity contribution in [2.24, 2.45) is 0 Å². The molecular formula is C16H16F3N3O3. The van der Waals surface area contributed by atoms with Crippen LogP contribution in [0.25, 0.3) is 5.69 Å².